The fourth-order valence-corrected chi connectivity index (χ4v) is 5.19. The lowest BCUT2D eigenvalue weighted by Crippen LogP contribution is -2.42. The number of methoxy groups -OCH3 is 1. The lowest BCUT2D eigenvalue weighted by molar-refractivity contribution is -0.120. The van der Waals surface area contributed by atoms with Crippen molar-refractivity contribution in [2.45, 2.75) is 41.0 Å². The van der Waals surface area contributed by atoms with Crippen LogP contribution in [0.5, 0.6) is 5.75 Å². The van der Waals surface area contributed by atoms with Crippen LogP contribution < -0.4 is 9.64 Å². The molecule has 0 aliphatic carbocycles. The molecule has 2 aromatic carbocycles. The molecular weight excluding hydrogens is 400 g/mol. The summed E-state index contributed by atoms with van der Waals surface area (Å²) in [5, 5.41) is 0. The lowest BCUT2D eigenvalue weighted by Gasteiger charge is -2.37. The summed E-state index contributed by atoms with van der Waals surface area (Å²) in [7, 11) is 1.56. The summed E-state index contributed by atoms with van der Waals surface area (Å²) in [6, 6.07) is 11.6. The Morgan fingerprint density at radius 2 is 1.50 bits per heavy atom. The number of imide groups is 1. The van der Waals surface area contributed by atoms with E-state index in [4.69, 9.17) is 4.74 Å². The van der Waals surface area contributed by atoms with Crippen molar-refractivity contribution < 1.29 is 14.3 Å². The monoisotopic (exact) mass is 432 g/mol. The van der Waals surface area contributed by atoms with Crippen molar-refractivity contribution in [2.24, 2.45) is 11.8 Å². The molecule has 2 aliphatic rings. The zero-order chi connectivity index (χ0) is 23.2. The van der Waals surface area contributed by atoms with E-state index in [1.54, 1.807) is 7.11 Å². The number of ether oxygens (including phenoxy) is 1. The fraction of sp³-hybridized carbons (Fsp3) is 0.407. The number of rotatable bonds is 4. The summed E-state index contributed by atoms with van der Waals surface area (Å²) in [5.74, 6) is 0.870. The van der Waals surface area contributed by atoms with Crippen LogP contribution in [-0.4, -0.2) is 36.9 Å². The summed E-state index contributed by atoms with van der Waals surface area (Å²) in [6.07, 6.45) is 1.13. The second-order valence-corrected chi connectivity index (χ2v) is 9.51. The molecule has 0 aromatic heterocycles. The zero-order valence-corrected chi connectivity index (χ0v) is 19.9. The Balaban J connectivity index is 1.90. The van der Waals surface area contributed by atoms with Crippen molar-refractivity contribution in [1.82, 2.24) is 4.90 Å². The molecule has 0 bridgehead atoms. The Bertz CT molecular complexity index is 1110. The molecule has 0 saturated carbocycles. The van der Waals surface area contributed by atoms with Crippen LogP contribution in [0.2, 0.25) is 0 Å². The number of hydrogen-bond donors (Lipinski definition) is 0. The number of carbonyl (C=O) groups excluding carboxylic acids is 2. The van der Waals surface area contributed by atoms with Gasteiger partial charge in [-0.2, -0.15) is 0 Å². The molecule has 2 unspecified atom stereocenters. The third-order valence-electron chi connectivity index (χ3n) is 6.47. The van der Waals surface area contributed by atoms with E-state index in [9.17, 15) is 9.59 Å². The minimum Gasteiger partial charge on any atom is -0.495 e. The van der Waals surface area contributed by atoms with Crippen LogP contribution in [0.3, 0.4) is 0 Å². The van der Waals surface area contributed by atoms with E-state index < -0.39 is 0 Å². The Morgan fingerprint density at radius 1 is 0.875 bits per heavy atom. The highest BCUT2D eigenvalue weighted by molar-refractivity contribution is 6.45. The van der Waals surface area contributed by atoms with Gasteiger partial charge in [0.25, 0.3) is 11.8 Å². The van der Waals surface area contributed by atoms with Crippen LogP contribution in [0.1, 0.15) is 42.5 Å². The number of amides is 2. The smallest absolute Gasteiger partial charge is 0.282 e. The minimum absolute atomic E-state index is 0.268. The van der Waals surface area contributed by atoms with Gasteiger partial charge in [-0.05, 0) is 67.9 Å². The molecule has 1 saturated heterocycles. The molecule has 5 nitrogen and oxygen atoms in total. The highest BCUT2D eigenvalue weighted by atomic mass is 16.5. The van der Waals surface area contributed by atoms with E-state index in [0.29, 0.717) is 34.5 Å². The largest absolute Gasteiger partial charge is 0.495 e. The van der Waals surface area contributed by atoms with E-state index >= 15 is 0 Å². The van der Waals surface area contributed by atoms with Crippen LogP contribution in [0.15, 0.2) is 42.1 Å². The molecule has 1 fully saturated rings. The maximum absolute atomic E-state index is 13.9. The standard InChI is InChI=1S/C27H32N2O3/c1-16-7-9-21(20(5)12-16)24-25(28-14-18(3)11-19(4)15-28)27(31)29(26(24)30)22-13-17(2)8-10-23(22)32-6/h7-10,12-13,18-19H,11,14-15H2,1-6H3. The molecule has 5 heteroatoms. The second-order valence-electron chi connectivity index (χ2n) is 9.51. The molecule has 2 heterocycles. The number of likely N-dealkylation sites (tertiary alicyclic amines) is 1. The van der Waals surface area contributed by atoms with E-state index in [2.05, 4.69) is 24.8 Å². The topological polar surface area (TPSA) is 49.9 Å². The van der Waals surface area contributed by atoms with Crippen molar-refractivity contribution in [3.05, 3.63) is 64.3 Å². The number of hydrogen-bond acceptors (Lipinski definition) is 4. The van der Waals surface area contributed by atoms with E-state index in [-0.39, 0.29) is 11.8 Å². The second kappa shape index (κ2) is 8.45. The van der Waals surface area contributed by atoms with Crippen molar-refractivity contribution in [1.29, 1.82) is 0 Å². The van der Waals surface area contributed by atoms with Gasteiger partial charge in [0.2, 0.25) is 0 Å². The third kappa shape index (κ3) is 3.81. The summed E-state index contributed by atoms with van der Waals surface area (Å²) in [5.41, 5.74) is 5.42. The predicted octanol–water partition coefficient (Wildman–Crippen LogP) is 4.88. The van der Waals surface area contributed by atoms with E-state index in [1.165, 1.54) is 4.90 Å². The van der Waals surface area contributed by atoms with Crippen LogP contribution >= 0.6 is 0 Å². The summed E-state index contributed by atoms with van der Waals surface area (Å²) in [6.45, 7) is 11.9. The van der Waals surface area contributed by atoms with Crippen molar-refractivity contribution in [2.75, 3.05) is 25.1 Å². The summed E-state index contributed by atoms with van der Waals surface area (Å²) < 4.78 is 5.53. The highest BCUT2D eigenvalue weighted by Gasteiger charge is 2.45. The average molecular weight is 433 g/mol. The summed E-state index contributed by atoms with van der Waals surface area (Å²) in [4.78, 5) is 31.3. The summed E-state index contributed by atoms with van der Waals surface area (Å²) >= 11 is 0. The SMILES string of the molecule is COc1ccc(C)cc1N1C(=O)C(c2ccc(C)cc2C)=C(N2CC(C)CC(C)C2)C1=O. The average Bonchev–Trinajstić information content (AvgIpc) is 2.97. The fourth-order valence-electron chi connectivity index (χ4n) is 5.19. The molecule has 0 spiro atoms. The first-order valence-corrected chi connectivity index (χ1v) is 11.3. The number of nitrogens with zero attached hydrogens (tertiary/aromatic N) is 2. The van der Waals surface area contributed by atoms with Gasteiger partial charge in [-0.25, -0.2) is 4.90 Å². The Labute approximate surface area is 190 Å². The molecule has 4 rings (SSSR count). The molecule has 2 atom stereocenters. The van der Waals surface area contributed by atoms with Gasteiger partial charge in [0.15, 0.2) is 0 Å². The maximum atomic E-state index is 13.9. The first-order chi connectivity index (χ1) is 15.2. The van der Waals surface area contributed by atoms with Crippen molar-refractivity contribution in [3.63, 3.8) is 0 Å². The maximum Gasteiger partial charge on any atom is 0.282 e. The van der Waals surface area contributed by atoms with Crippen LogP contribution in [0.25, 0.3) is 5.57 Å². The van der Waals surface area contributed by atoms with Gasteiger partial charge in [0, 0.05) is 13.1 Å². The molecule has 32 heavy (non-hydrogen) atoms. The van der Waals surface area contributed by atoms with E-state index in [0.717, 1.165) is 41.8 Å². The van der Waals surface area contributed by atoms with Gasteiger partial charge >= 0.3 is 0 Å². The van der Waals surface area contributed by atoms with Gasteiger partial charge in [0.1, 0.15) is 11.4 Å². The number of benzene rings is 2. The molecule has 2 aromatic rings. The number of aryl methyl sites for hydroxylation is 3. The van der Waals surface area contributed by atoms with Gasteiger partial charge in [-0.15, -0.1) is 0 Å². The predicted molar refractivity (Wildman–Crippen MR) is 128 cm³/mol. The molecule has 168 valence electrons. The number of carbonyl (C=O) groups is 2. The van der Waals surface area contributed by atoms with Crippen LogP contribution in [-0.2, 0) is 9.59 Å². The minimum atomic E-state index is -0.285. The van der Waals surface area contributed by atoms with Crippen molar-refractivity contribution in [3.8, 4) is 5.75 Å². The Morgan fingerprint density at radius 3 is 2.12 bits per heavy atom. The molecular formula is C27H32N2O3. The lowest BCUT2D eigenvalue weighted by atomic mass is 9.90. The Hall–Kier alpha value is -3.08. The molecule has 2 amide bonds. The van der Waals surface area contributed by atoms with Gasteiger partial charge in [-0.1, -0.05) is 43.7 Å². The quantitative estimate of drug-likeness (QED) is 0.646. The molecule has 0 radical (unpaired) electrons. The van der Waals surface area contributed by atoms with Crippen LogP contribution in [0, 0.1) is 32.6 Å². The van der Waals surface area contributed by atoms with Gasteiger partial charge in [-0.3, -0.25) is 9.59 Å². The first kappa shape index (κ1) is 22.1. The van der Waals surface area contributed by atoms with Crippen LogP contribution in [0.4, 0.5) is 5.69 Å². The van der Waals surface area contributed by atoms with Crippen molar-refractivity contribution >= 4 is 23.1 Å². The first-order valence-electron chi connectivity index (χ1n) is 11.3. The molecule has 2 aliphatic heterocycles. The third-order valence-corrected chi connectivity index (χ3v) is 6.47. The highest BCUT2D eigenvalue weighted by Crippen LogP contribution is 2.41. The molecule has 0 N–H and O–H groups in total. The van der Waals surface area contributed by atoms with Gasteiger partial charge in [0.05, 0.1) is 18.4 Å². The van der Waals surface area contributed by atoms with Gasteiger partial charge < -0.3 is 9.64 Å². The van der Waals surface area contributed by atoms with E-state index in [1.807, 2.05) is 51.1 Å². The number of piperidine rings is 1. The Kier molecular flexibility index (Phi) is 5.85. The zero-order valence-electron chi connectivity index (χ0n) is 19.9. The number of anilines is 1. The normalized spacial score (nSPS) is 21.6.